The minimum atomic E-state index is -1.16. The Kier molecular flexibility index (Phi) is 7.87. The summed E-state index contributed by atoms with van der Waals surface area (Å²) in [5.74, 6) is 0.236. The van der Waals surface area contributed by atoms with E-state index in [2.05, 4.69) is 10.2 Å². The third-order valence-electron chi connectivity index (χ3n) is 5.78. The fraction of sp³-hybridized carbons (Fsp3) is 0.185. The summed E-state index contributed by atoms with van der Waals surface area (Å²) in [6.07, 6.45) is 1.40. The molecule has 2 aromatic carbocycles. The normalized spacial score (nSPS) is 11.4. The Morgan fingerprint density at radius 1 is 1.05 bits per heavy atom. The lowest BCUT2D eigenvalue weighted by Crippen LogP contribution is -2.03. The smallest absolute Gasteiger partial charge is 0.342 e. The van der Waals surface area contributed by atoms with Crippen LogP contribution < -0.4 is 9.47 Å². The highest BCUT2D eigenvalue weighted by Gasteiger charge is 2.20. The Morgan fingerprint density at radius 3 is 2.37 bits per heavy atom. The second-order valence-corrected chi connectivity index (χ2v) is 9.06. The van der Waals surface area contributed by atoms with Gasteiger partial charge in [-0.1, -0.05) is 12.1 Å². The van der Waals surface area contributed by atoms with Crippen LogP contribution in [0.5, 0.6) is 11.5 Å². The van der Waals surface area contributed by atoms with Gasteiger partial charge in [-0.3, -0.25) is 0 Å². The van der Waals surface area contributed by atoms with Gasteiger partial charge in [0, 0.05) is 29.8 Å². The average molecular weight is 536 g/mol. The van der Waals surface area contributed by atoms with Crippen molar-refractivity contribution in [2.45, 2.75) is 25.5 Å². The van der Waals surface area contributed by atoms with Crippen molar-refractivity contribution in [2.24, 2.45) is 0 Å². The van der Waals surface area contributed by atoms with Crippen LogP contribution in [-0.4, -0.2) is 51.1 Å². The van der Waals surface area contributed by atoms with Crippen molar-refractivity contribution in [3.05, 3.63) is 70.3 Å². The fourth-order valence-corrected chi connectivity index (χ4v) is 4.74. The molecule has 0 fully saturated rings. The third-order valence-corrected chi connectivity index (χ3v) is 6.78. The van der Waals surface area contributed by atoms with Crippen LogP contribution in [0, 0.1) is 6.92 Å². The first-order valence-electron chi connectivity index (χ1n) is 11.5. The molecule has 0 spiro atoms. The van der Waals surface area contributed by atoms with E-state index in [9.17, 15) is 19.8 Å². The van der Waals surface area contributed by atoms with E-state index in [1.807, 2.05) is 6.92 Å². The van der Waals surface area contributed by atoms with E-state index in [4.69, 9.17) is 13.9 Å². The zero-order chi connectivity index (χ0) is 27.4. The second kappa shape index (κ2) is 11.3. The number of hydrogen-bond donors (Lipinski definition) is 2. The number of carbonyl (C=O) groups is 2. The Hall–Kier alpha value is -4.51. The van der Waals surface area contributed by atoms with Gasteiger partial charge in [0.15, 0.2) is 11.0 Å². The molecule has 0 amide bonds. The Labute approximate surface area is 222 Å². The van der Waals surface area contributed by atoms with Crippen LogP contribution >= 0.6 is 11.8 Å². The van der Waals surface area contributed by atoms with Crippen LogP contribution in [0.15, 0.2) is 63.0 Å². The summed E-state index contributed by atoms with van der Waals surface area (Å²) in [6.45, 7) is 4.09. The number of ether oxygens (including phenoxy) is 2. The molecule has 0 aliphatic carbocycles. The quantitative estimate of drug-likeness (QED) is 0.199. The number of rotatable bonds is 10. The van der Waals surface area contributed by atoms with Crippen molar-refractivity contribution in [1.82, 2.24) is 14.8 Å². The van der Waals surface area contributed by atoms with Crippen LogP contribution in [0.25, 0.3) is 28.8 Å². The molecule has 0 aliphatic heterocycles. The summed E-state index contributed by atoms with van der Waals surface area (Å²) in [6, 6.07) is 13.5. The zero-order valence-corrected chi connectivity index (χ0v) is 21.9. The summed E-state index contributed by atoms with van der Waals surface area (Å²) in [4.78, 5) is 23.6. The number of thioether (sulfide) groups is 1. The first-order valence-corrected chi connectivity index (χ1v) is 12.3. The van der Waals surface area contributed by atoms with E-state index in [0.29, 0.717) is 57.2 Å². The summed E-state index contributed by atoms with van der Waals surface area (Å²) in [7, 11) is 3.11. The van der Waals surface area contributed by atoms with E-state index in [0.717, 1.165) is 11.8 Å². The monoisotopic (exact) mass is 535 g/mol. The van der Waals surface area contributed by atoms with Crippen molar-refractivity contribution >= 4 is 29.8 Å². The molecule has 0 atom stereocenters. The van der Waals surface area contributed by atoms with Gasteiger partial charge in [0.1, 0.15) is 27.9 Å². The highest BCUT2D eigenvalue weighted by atomic mass is 32.2. The molecule has 0 unspecified atom stereocenters. The molecular formula is C27H25N3O7S. The summed E-state index contributed by atoms with van der Waals surface area (Å²) in [5.41, 5.74) is 2.03. The standard InChI is InChI=1S/C27H25N3O7S/c1-5-30-24(16-11-18(35-3)13-19(12-16)36-4)28-29-27(30)38-23(26(33)34)14-17-9-10-22(37-17)20-7-6-8-21(15(20)2)25(31)32/h6-14H,5H2,1-4H3,(H,31,32)(H,33,34)/b23-14-. The number of furan rings is 1. The predicted molar refractivity (Wildman–Crippen MR) is 142 cm³/mol. The van der Waals surface area contributed by atoms with Gasteiger partial charge < -0.3 is 28.7 Å². The lowest BCUT2D eigenvalue weighted by molar-refractivity contribution is -0.131. The molecule has 0 aliphatic rings. The Bertz CT molecular complexity index is 1520. The molecule has 11 heteroatoms. The number of aromatic carboxylic acids is 1. The molecule has 0 radical (unpaired) electrons. The molecule has 2 N–H and O–H groups in total. The van der Waals surface area contributed by atoms with Crippen LogP contribution in [-0.2, 0) is 11.3 Å². The van der Waals surface area contributed by atoms with Crippen LogP contribution in [0.3, 0.4) is 0 Å². The first-order chi connectivity index (χ1) is 18.2. The molecule has 0 saturated heterocycles. The highest BCUT2D eigenvalue weighted by molar-refractivity contribution is 8.04. The number of carboxylic acids is 2. The van der Waals surface area contributed by atoms with Gasteiger partial charge in [-0.25, -0.2) is 9.59 Å². The van der Waals surface area contributed by atoms with Gasteiger partial charge in [-0.05, 0) is 61.5 Å². The molecule has 4 aromatic rings. The van der Waals surface area contributed by atoms with Crippen molar-refractivity contribution in [3.8, 4) is 34.2 Å². The minimum absolute atomic E-state index is 0.0289. The van der Waals surface area contributed by atoms with Crippen LogP contribution in [0.2, 0.25) is 0 Å². The van der Waals surface area contributed by atoms with Gasteiger partial charge in [0.05, 0.1) is 19.8 Å². The van der Waals surface area contributed by atoms with Crippen LogP contribution in [0.4, 0.5) is 0 Å². The molecule has 2 heterocycles. The van der Waals surface area contributed by atoms with E-state index in [1.165, 1.54) is 12.1 Å². The van der Waals surface area contributed by atoms with Crippen molar-refractivity contribution < 1.29 is 33.7 Å². The van der Waals surface area contributed by atoms with E-state index < -0.39 is 11.9 Å². The number of methoxy groups -OCH3 is 2. The average Bonchev–Trinajstić information content (AvgIpc) is 3.54. The van der Waals surface area contributed by atoms with E-state index in [1.54, 1.807) is 68.2 Å². The second-order valence-electron chi connectivity index (χ2n) is 8.05. The molecule has 0 saturated carbocycles. The number of carboxylic acid groups (broad SMARTS) is 2. The first kappa shape index (κ1) is 26.6. The SMILES string of the molecule is CCn1c(S/C(=C\c2ccc(-c3cccc(C(=O)O)c3C)o2)C(=O)O)nnc1-c1cc(OC)cc(OC)c1. The summed E-state index contributed by atoms with van der Waals surface area (Å²) >= 11 is 0.944. The maximum atomic E-state index is 12.1. The number of aliphatic carboxylic acids is 1. The number of hydrogen-bond acceptors (Lipinski definition) is 8. The van der Waals surface area contributed by atoms with Crippen molar-refractivity contribution in [1.29, 1.82) is 0 Å². The molecule has 0 bridgehead atoms. The van der Waals surface area contributed by atoms with Crippen molar-refractivity contribution in [2.75, 3.05) is 14.2 Å². The van der Waals surface area contributed by atoms with Crippen LogP contribution in [0.1, 0.15) is 28.6 Å². The van der Waals surface area contributed by atoms with Gasteiger partial charge in [0.25, 0.3) is 0 Å². The molecule has 38 heavy (non-hydrogen) atoms. The van der Waals surface area contributed by atoms with E-state index in [-0.39, 0.29) is 10.5 Å². The fourth-order valence-electron chi connectivity index (χ4n) is 3.87. The van der Waals surface area contributed by atoms with Gasteiger partial charge >= 0.3 is 11.9 Å². The molecule has 2 aromatic heterocycles. The molecular weight excluding hydrogens is 510 g/mol. The Morgan fingerprint density at radius 2 is 1.76 bits per heavy atom. The van der Waals surface area contributed by atoms with E-state index >= 15 is 0 Å². The zero-order valence-electron chi connectivity index (χ0n) is 21.1. The number of nitrogens with zero attached hydrogens (tertiary/aromatic N) is 3. The summed E-state index contributed by atoms with van der Waals surface area (Å²) < 4.78 is 18.4. The molecule has 196 valence electrons. The maximum Gasteiger partial charge on any atom is 0.342 e. The number of benzene rings is 2. The Balaban J connectivity index is 1.67. The maximum absolute atomic E-state index is 12.1. The lowest BCUT2D eigenvalue weighted by Gasteiger charge is -2.10. The largest absolute Gasteiger partial charge is 0.497 e. The minimum Gasteiger partial charge on any atom is -0.497 e. The summed E-state index contributed by atoms with van der Waals surface area (Å²) in [5, 5.41) is 28.2. The lowest BCUT2D eigenvalue weighted by atomic mass is 10.0. The van der Waals surface area contributed by atoms with Gasteiger partial charge in [-0.15, -0.1) is 10.2 Å². The van der Waals surface area contributed by atoms with Gasteiger partial charge in [0.2, 0.25) is 0 Å². The molecule has 10 nitrogen and oxygen atoms in total. The molecule has 4 rings (SSSR count). The predicted octanol–water partition coefficient (Wildman–Crippen LogP) is 5.47. The third kappa shape index (κ3) is 5.42. The number of aromatic nitrogens is 3. The topological polar surface area (TPSA) is 137 Å². The highest BCUT2D eigenvalue weighted by Crippen LogP contribution is 2.34. The van der Waals surface area contributed by atoms with Gasteiger partial charge in [-0.2, -0.15) is 0 Å². The van der Waals surface area contributed by atoms with Crippen molar-refractivity contribution in [3.63, 3.8) is 0 Å².